The number of nitrogens with zero attached hydrogens (tertiary/aromatic N) is 5. The second kappa shape index (κ2) is 8.68. The number of aromatic nitrogens is 4. The van der Waals surface area contributed by atoms with Gasteiger partial charge >= 0.3 is 0 Å². The molecule has 5 rings (SSSR count). The molecule has 0 amide bonds. The molecular weight excluding hydrogens is 485 g/mol. The van der Waals surface area contributed by atoms with Crippen LogP contribution in [0.1, 0.15) is 36.8 Å². The normalized spacial score (nSPS) is 15.5. The lowest BCUT2D eigenvalue weighted by atomic mass is 9.93. The first-order valence-corrected chi connectivity index (χ1v) is 11.8. The third kappa shape index (κ3) is 4.27. The van der Waals surface area contributed by atoms with E-state index in [0.29, 0.717) is 57.2 Å². The number of hydrogen-bond acceptors (Lipinski definition) is 7. The highest BCUT2D eigenvalue weighted by molar-refractivity contribution is 6.36. The molecule has 0 radical (unpaired) electrons. The SMILES string of the molecule is Cc1ncc(Cl)c([C@@H](C)Oc2ccc3[nH]nc(-c4cnc(N5CC(C)(N)C5)c(C#N)c4)c3c2)c1Cl. The maximum absolute atomic E-state index is 9.75. The Morgan fingerprint density at radius 2 is 2.00 bits per heavy atom. The molecule has 1 aliphatic rings. The second-order valence-corrected chi connectivity index (χ2v) is 9.96. The second-order valence-electron chi connectivity index (χ2n) is 9.18. The molecule has 4 heterocycles. The van der Waals surface area contributed by atoms with Gasteiger partial charge in [-0.25, -0.2) is 4.98 Å². The first-order chi connectivity index (χ1) is 16.7. The summed E-state index contributed by atoms with van der Waals surface area (Å²) in [6, 6.07) is 9.71. The number of ether oxygens (including phenoxy) is 1. The Bertz CT molecular complexity index is 1480. The van der Waals surface area contributed by atoms with Crippen molar-refractivity contribution in [1.82, 2.24) is 20.2 Å². The van der Waals surface area contributed by atoms with Crippen molar-refractivity contribution in [2.24, 2.45) is 5.73 Å². The molecule has 0 unspecified atom stereocenters. The molecule has 0 spiro atoms. The zero-order valence-corrected chi connectivity index (χ0v) is 20.9. The molecule has 1 saturated heterocycles. The van der Waals surface area contributed by atoms with Crippen molar-refractivity contribution in [2.75, 3.05) is 18.0 Å². The first kappa shape index (κ1) is 23.4. The fourth-order valence-corrected chi connectivity index (χ4v) is 5.05. The van der Waals surface area contributed by atoms with Crippen LogP contribution in [0.5, 0.6) is 5.75 Å². The average Bonchev–Trinajstić information content (AvgIpc) is 3.23. The molecule has 1 aromatic carbocycles. The summed E-state index contributed by atoms with van der Waals surface area (Å²) in [6.07, 6.45) is 2.90. The van der Waals surface area contributed by atoms with E-state index in [1.807, 2.05) is 43.9 Å². The van der Waals surface area contributed by atoms with E-state index < -0.39 is 6.10 Å². The molecule has 4 aromatic rings. The smallest absolute Gasteiger partial charge is 0.146 e. The molecule has 10 heteroatoms. The molecular formula is C25H23Cl2N7O. The number of nitrogens with one attached hydrogen (secondary N) is 1. The number of aryl methyl sites for hydroxylation is 1. The minimum Gasteiger partial charge on any atom is -0.486 e. The van der Waals surface area contributed by atoms with Crippen molar-refractivity contribution in [3.8, 4) is 23.1 Å². The number of halogens is 2. The van der Waals surface area contributed by atoms with Crippen LogP contribution in [0, 0.1) is 18.3 Å². The molecule has 3 aromatic heterocycles. The third-order valence-corrected chi connectivity index (χ3v) is 6.88. The highest BCUT2D eigenvalue weighted by Gasteiger charge is 2.36. The van der Waals surface area contributed by atoms with Crippen molar-refractivity contribution in [3.63, 3.8) is 0 Å². The minimum absolute atomic E-state index is 0.261. The lowest BCUT2D eigenvalue weighted by molar-refractivity contribution is 0.227. The van der Waals surface area contributed by atoms with E-state index in [-0.39, 0.29) is 5.54 Å². The van der Waals surface area contributed by atoms with Crippen LogP contribution < -0.4 is 15.4 Å². The molecule has 178 valence electrons. The standard InChI is InChI=1S/C25H23Cl2N7O/c1-13-22(27)21(19(26)10-30-13)14(2)35-17-4-5-20-18(7-17)23(33-32-20)16-6-15(8-28)24(31-9-16)34-11-25(3,29)12-34/h4-7,9-10,14H,11-12,29H2,1-3H3,(H,32,33)/t14-/m1/s1. The Hall–Kier alpha value is -3.38. The van der Waals surface area contributed by atoms with E-state index in [9.17, 15) is 5.26 Å². The summed E-state index contributed by atoms with van der Waals surface area (Å²) in [5.41, 5.74) is 9.96. The summed E-state index contributed by atoms with van der Waals surface area (Å²) < 4.78 is 6.20. The number of rotatable bonds is 5. The number of H-pyrrole nitrogens is 1. The highest BCUT2D eigenvalue weighted by Crippen LogP contribution is 2.36. The van der Waals surface area contributed by atoms with Crippen molar-refractivity contribution in [1.29, 1.82) is 5.26 Å². The lowest BCUT2D eigenvalue weighted by Gasteiger charge is -2.46. The predicted octanol–water partition coefficient (Wildman–Crippen LogP) is 5.18. The van der Waals surface area contributed by atoms with E-state index in [1.165, 1.54) is 0 Å². The number of anilines is 1. The lowest BCUT2D eigenvalue weighted by Crippen LogP contribution is -2.66. The quantitative estimate of drug-likeness (QED) is 0.381. The molecule has 1 aliphatic heterocycles. The van der Waals surface area contributed by atoms with Gasteiger partial charge in [0.2, 0.25) is 0 Å². The van der Waals surface area contributed by atoms with E-state index in [2.05, 4.69) is 26.2 Å². The van der Waals surface area contributed by atoms with Gasteiger partial charge in [0.25, 0.3) is 0 Å². The molecule has 8 nitrogen and oxygen atoms in total. The topological polar surface area (TPSA) is 117 Å². The zero-order valence-electron chi connectivity index (χ0n) is 19.4. The van der Waals surface area contributed by atoms with Crippen LogP contribution in [-0.2, 0) is 0 Å². The fraction of sp³-hybridized carbons (Fsp3) is 0.280. The maximum Gasteiger partial charge on any atom is 0.146 e. The van der Waals surface area contributed by atoms with E-state index in [0.717, 1.165) is 16.5 Å². The van der Waals surface area contributed by atoms with E-state index in [1.54, 1.807) is 18.5 Å². The van der Waals surface area contributed by atoms with Gasteiger partial charge < -0.3 is 15.4 Å². The van der Waals surface area contributed by atoms with Gasteiger partial charge in [-0.2, -0.15) is 10.4 Å². The fourth-order valence-electron chi connectivity index (χ4n) is 4.40. The Morgan fingerprint density at radius 1 is 1.23 bits per heavy atom. The van der Waals surface area contributed by atoms with Crippen LogP contribution >= 0.6 is 23.2 Å². The molecule has 1 atom stereocenters. The molecule has 35 heavy (non-hydrogen) atoms. The largest absolute Gasteiger partial charge is 0.486 e. The number of hydrogen-bond donors (Lipinski definition) is 2. The monoisotopic (exact) mass is 507 g/mol. The Kier molecular flexibility index (Phi) is 5.80. The Morgan fingerprint density at radius 3 is 2.71 bits per heavy atom. The summed E-state index contributed by atoms with van der Waals surface area (Å²) in [5.74, 6) is 1.26. The highest BCUT2D eigenvalue weighted by atomic mass is 35.5. The molecule has 0 saturated carbocycles. The summed E-state index contributed by atoms with van der Waals surface area (Å²) >= 11 is 12.8. The van der Waals surface area contributed by atoms with Crippen LogP contribution in [-0.4, -0.2) is 38.8 Å². The molecule has 0 bridgehead atoms. The van der Waals surface area contributed by atoms with Gasteiger partial charge in [-0.1, -0.05) is 23.2 Å². The van der Waals surface area contributed by atoms with Gasteiger partial charge in [-0.05, 0) is 45.0 Å². The average molecular weight is 508 g/mol. The van der Waals surface area contributed by atoms with Gasteiger partial charge in [0, 0.05) is 47.5 Å². The van der Waals surface area contributed by atoms with Gasteiger partial charge in [0.1, 0.15) is 29.4 Å². The molecule has 3 N–H and O–H groups in total. The summed E-state index contributed by atoms with van der Waals surface area (Å²) in [4.78, 5) is 10.8. The third-order valence-electron chi connectivity index (χ3n) is 6.10. The number of aromatic amines is 1. The minimum atomic E-state index is -0.402. The van der Waals surface area contributed by atoms with E-state index in [4.69, 9.17) is 33.7 Å². The van der Waals surface area contributed by atoms with Gasteiger partial charge in [-0.3, -0.25) is 10.1 Å². The van der Waals surface area contributed by atoms with Crippen LogP contribution in [0.15, 0.2) is 36.7 Å². The van der Waals surface area contributed by atoms with Crippen LogP contribution in [0.25, 0.3) is 22.2 Å². The summed E-state index contributed by atoms with van der Waals surface area (Å²) in [6.45, 7) is 7.01. The van der Waals surface area contributed by atoms with Crippen molar-refractivity contribution >= 4 is 39.9 Å². The molecule has 1 fully saturated rings. The van der Waals surface area contributed by atoms with Crippen molar-refractivity contribution in [2.45, 2.75) is 32.4 Å². The Balaban J connectivity index is 1.46. The predicted molar refractivity (Wildman–Crippen MR) is 137 cm³/mol. The number of benzene rings is 1. The molecule has 0 aliphatic carbocycles. The van der Waals surface area contributed by atoms with Crippen LogP contribution in [0.2, 0.25) is 10.0 Å². The number of nitrogens with two attached hydrogens (primary N) is 1. The van der Waals surface area contributed by atoms with Gasteiger partial charge in [-0.15, -0.1) is 0 Å². The maximum atomic E-state index is 9.75. The van der Waals surface area contributed by atoms with Crippen LogP contribution in [0.4, 0.5) is 5.82 Å². The number of nitriles is 1. The Labute approximate surface area is 212 Å². The van der Waals surface area contributed by atoms with E-state index >= 15 is 0 Å². The first-order valence-electron chi connectivity index (χ1n) is 11.1. The summed E-state index contributed by atoms with van der Waals surface area (Å²) in [5, 5.41) is 19.0. The zero-order chi connectivity index (χ0) is 24.9. The number of pyridine rings is 2. The van der Waals surface area contributed by atoms with Crippen LogP contribution in [0.3, 0.4) is 0 Å². The number of fused-ring (bicyclic) bond motifs is 1. The summed E-state index contributed by atoms with van der Waals surface area (Å²) in [7, 11) is 0. The van der Waals surface area contributed by atoms with Crippen molar-refractivity contribution < 1.29 is 4.74 Å². The van der Waals surface area contributed by atoms with Gasteiger partial charge in [0.05, 0.1) is 26.8 Å². The van der Waals surface area contributed by atoms with Gasteiger partial charge in [0.15, 0.2) is 0 Å². The van der Waals surface area contributed by atoms with Crippen molar-refractivity contribution in [3.05, 3.63) is 63.5 Å².